The Morgan fingerprint density at radius 2 is 1.86 bits per heavy atom. The molecule has 0 unspecified atom stereocenters. The van der Waals surface area contributed by atoms with Gasteiger partial charge in [0.25, 0.3) is 0 Å². The monoisotopic (exact) mass is 397 g/mol. The number of halogens is 3. The molecule has 1 aliphatic rings. The van der Waals surface area contributed by atoms with Gasteiger partial charge in [0.15, 0.2) is 0 Å². The van der Waals surface area contributed by atoms with E-state index in [-0.39, 0.29) is 24.8 Å². The van der Waals surface area contributed by atoms with Crippen LogP contribution in [-0.2, 0) is 0 Å². The van der Waals surface area contributed by atoms with E-state index in [0.717, 1.165) is 36.7 Å². The SMILES string of the molecule is CC(C)CC[C@H](c1cccc(Br)n1)N1CCNCC1.Cl.Cl. The Balaban J connectivity index is 0.00000200. The Bertz CT molecular complexity index is 398. The number of rotatable bonds is 5. The maximum atomic E-state index is 4.68. The molecule has 1 aromatic heterocycles. The lowest BCUT2D eigenvalue weighted by atomic mass is 9.99. The topological polar surface area (TPSA) is 28.2 Å². The van der Waals surface area contributed by atoms with E-state index in [2.05, 4.69) is 57.1 Å². The van der Waals surface area contributed by atoms with Gasteiger partial charge in [-0.15, -0.1) is 24.8 Å². The Kier molecular flexibility index (Phi) is 10.9. The molecular formula is C15H26BrCl2N3. The van der Waals surface area contributed by atoms with Crippen molar-refractivity contribution in [2.24, 2.45) is 5.92 Å². The molecule has 21 heavy (non-hydrogen) atoms. The smallest absolute Gasteiger partial charge is 0.106 e. The summed E-state index contributed by atoms with van der Waals surface area (Å²) in [6, 6.07) is 6.72. The molecule has 0 aliphatic carbocycles. The van der Waals surface area contributed by atoms with Crippen LogP contribution in [0.15, 0.2) is 22.8 Å². The van der Waals surface area contributed by atoms with Crippen molar-refractivity contribution >= 4 is 40.7 Å². The maximum Gasteiger partial charge on any atom is 0.106 e. The molecule has 0 spiro atoms. The third-order valence-corrected chi connectivity index (χ3v) is 4.13. The highest BCUT2D eigenvalue weighted by Crippen LogP contribution is 2.27. The fourth-order valence-corrected chi connectivity index (χ4v) is 2.97. The standard InChI is InChI=1S/C15H24BrN3.2ClH/c1-12(2)6-7-14(19-10-8-17-9-11-19)13-4-3-5-15(16)18-13;;/h3-5,12,14,17H,6-11H2,1-2H3;2*1H/t14-;;/m1../s1. The molecule has 1 saturated heterocycles. The van der Waals surface area contributed by atoms with E-state index in [4.69, 9.17) is 0 Å². The molecular weight excluding hydrogens is 373 g/mol. The van der Waals surface area contributed by atoms with Crippen molar-refractivity contribution in [3.05, 3.63) is 28.5 Å². The highest BCUT2D eigenvalue weighted by molar-refractivity contribution is 9.10. The van der Waals surface area contributed by atoms with E-state index in [1.54, 1.807) is 0 Å². The lowest BCUT2D eigenvalue weighted by Gasteiger charge is -2.35. The molecule has 1 fully saturated rings. The summed E-state index contributed by atoms with van der Waals surface area (Å²) in [6.07, 6.45) is 2.45. The first-order valence-corrected chi connectivity index (χ1v) is 8.03. The highest BCUT2D eigenvalue weighted by Gasteiger charge is 2.23. The van der Waals surface area contributed by atoms with Gasteiger partial charge < -0.3 is 5.32 Å². The molecule has 3 nitrogen and oxygen atoms in total. The lowest BCUT2D eigenvalue weighted by molar-refractivity contribution is 0.156. The van der Waals surface area contributed by atoms with Gasteiger partial charge in [-0.05, 0) is 46.8 Å². The third kappa shape index (κ3) is 6.83. The first-order valence-electron chi connectivity index (χ1n) is 7.24. The van der Waals surface area contributed by atoms with E-state index in [0.29, 0.717) is 6.04 Å². The number of pyridine rings is 1. The molecule has 0 amide bonds. The Morgan fingerprint density at radius 1 is 1.19 bits per heavy atom. The summed E-state index contributed by atoms with van der Waals surface area (Å²) < 4.78 is 0.940. The molecule has 1 aliphatic heterocycles. The van der Waals surface area contributed by atoms with E-state index in [1.165, 1.54) is 18.5 Å². The number of nitrogens with one attached hydrogen (secondary N) is 1. The van der Waals surface area contributed by atoms with Crippen molar-refractivity contribution in [2.75, 3.05) is 26.2 Å². The van der Waals surface area contributed by atoms with Crippen LogP contribution < -0.4 is 5.32 Å². The van der Waals surface area contributed by atoms with Crippen LogP contribution >= 0.6 is 40.7 Å². The van der Waals surface area contributed by atoms with Crippen molar-refractivity contribution in [3.8, 4) is 0 Å². The normalized spacial score (nSPS) is 17.0. The summed E-state index contributed by atoms with van der Waals surface area (Å²) in [6.45, 7) is 9.01. The minimum atomic E-state index is 0. The molecule has 1 atom stereocenters. The lowest BCUT2D eigenvalue weighted by Crippen LogP contribution is -2.45. The van der Waals surface area contributed by atoms with Crippen molar-refractivity contribution < 1.29 is 0 Å². The summed E-state index contributed by atoms with van der Waals surface area (Å²) in [4.78, 5) is 7.26. The van der Waals surface area contributed by atoms with Gasteiger partial charge in [0, 0.05) is 26.2 Å². The zero-order valence-corrected chi connectivity index (χ0v) is 15.9. The van der Waals surface area contributed by atoms with Crippen LogP contribution in [0.1, 0.15) is 38.4 Å². The zero-order chi connectivity index (χ0) is 13.7. The minimum Gasteiger partial charge on any atom is -0.314 e. The molecule has 0 radical (unpaired) electrons. The molecule has 0 aromatic carbocycles. The predicted octanol–water partition coefficient (Wildman–Crippen LogP) is 4.07. The molecule has 2 heterocycles. The van der Waals surface area contributed by atoms with Gasteiger partial charge in [-0.3, -0.25) is 4.90 Å². The molecule has 6 heteroatoms. The van der Waals surface area contributed by atoms with Gasteiger partial charge >= 0.3 is 0 Å². The van der Waals surface area contributed by atoms with E-state index < -0.39 is 0 Å². The Morgan fingerprint density at radius 3 is 2.43 bits per heavy atom. The second-order valence-electron chi connectivity index (χ2n) is 5.66. The minimum absolute atomic E-state index is 0. The first-order chi connectivity index (χ1) is 9.16. The van der Waals surface area contributed by atoms with E-state index in [1.807, 2.05) is 6.07 Å². The van der Waals surface area contributed by atoms with Gasteiger partial charge in [0.2, 0.25) is 0 Å². The van der Waals surface area contributed by atoms with Crippen LogP contribution in [0.3, 0.4) is 0 Å². The van der Waals surface area contributed by atoms with Crippen LogP contribution in [-0.4, -0.2) is 36.1 Å². The number of nitrogens with zero attached hydrogens (tertiary/aromatic N) is 2. The van der Waals surface area contributed by atoms with E-state index in [9.17, 15) is 0 Å². The average Bonchev–Trinajstić information content (AvgIpc) is 2.40. The van der Waals surface area contributed by atoms with Crippen LogP contribution in [0, 0.1) is 5.92 Å². The number of hydrogen-bond donors (Lipinski definition) is 1. The van der Waals surface area contributed by atoms with Crippen molar-refractivity contribution in [2.45, 2.75) is 32.7 Å². The van der Waals surface area contributed by atoms with Crippen molar-refractivity contribution in [1.82, 2.24) is 15.2 Å². The summed E-state index contributed by atoms with van der Waals surface area (Å²) in [5, 5.41) is 3.43. The number of aromatic nitrogens is 1. The van der Waals surface area contributed by atoms with Crippen LogP contribution in [0.5, 0.6) is 0 Å². The second-order valence-corrected chi connectivity index (χ2v) is 6.47. The van der Waals surface area contributed by atoms with Gasteiger partial charge in [-0.1, -0.05) is 19.9 Å². The number of piperazine rings is 1. The van der Waals surface area contributed by atoms with Crippen LogP contribution in [0.2, 0.25) is 0 Å². The van der Waals surface area contributed by atoms with Gasteiger partial charge in [0.1, 0.15) is 4.60 Å². The predicted molar refractivity (Wildman–Crippen MR) is 97.7 cm³/mol. The fraction of sp³-hybridized carbons (Fsp3) is 0.667. The molecule has 0 saturated carbocycles. The molecule has 122 valence electrons. The summed E-state index contributed by atoms with van der Waals surface area (Å²) in [5.74, 6) is 0.748. The summed E-state index contributed by atoms with van der Waals surface area (Å²) in [5.41, 5.74) is 1.21. The molecule has 2 rings (SSSR count). The van der Waals surface area contributed by atoms with Gasteiger partial charge in [0.05, 0.1) is 11.7 Å². The van der Waals surface area contributed by atoms with Crippen LogP contribution in [0.4, 0.5) is 0 Å². The molecule has 0 bridgehead atoms. The van der Waals surface area contributed by atoms with Crippen molar-refractivity contribution in [3.63, 3.8) is 0 Å². The molecule has 1 aromatic rings. The Hall–Kier alpha value is 0.130. The van der Waals surface area contributed by atoms with Crippen molar-refractivity contribution in [1.29, 1.82) is 0 Å². The summed E-state index contributed by atoms with van der Waals surface area (Å²) in [7, 11) is 0. The average molecular weight is 399 g/mol. The largest absolute Gasteiger partial charge is 0.314 e. The third-order valence-electron chi connectivity index (χ3n) is 3.69. The number of hydrogen-bond acceptors (Lipinski definition) is 3. The summed E-state index contributed by atoms with van der Waals surface area (Å²) >= 11 is 3.49. The van der Waals surface area contributed by atoms with Gasteiger partial charge in [-0.25, -0.2) is 4.98 Å². The molecule has 1 N–H and O–H groups in total. The van der Waals surface area contributed by atoms with Crippen LogP contribution in [0.25, 0.3) is 0 Å². The fourth-order valence-electron chi connectivity index (χ4n) is 2.61. The van der Waals surface area contributed by atoms with Gasteiger partial charge in [-0.2, -0.15) is 0 Å². The first kappa shape index (κ1) is 21.1. The Labute approximate surface area is 149 Å². The highest BCUT2D eigenvalue weighted by atomic mass is 79.9. The maximum absolute atomic E-state index is 4.68. The quantitative estimate of drug-likeness (QED) is 0.757. The second kappa shape index (κ2) is 10.8. The zero-order valence-electron chi connectivity index (χ0n) is 12.7. The van der Waals surface area contributed by atoms with E-state index >= 15 is 0 Å².